The number of nitrogens with zero attached hydrogens (tertiary/aromatic N) is 3. The van der Waals surface area contributed by atoms with Gasteiger partial charge in [-0.25, -0.2) is 4.98 Å². The highest BCUT2D eigenvalue weighted by atomic mass is 35.5. The minimum absolute atomic E-state index is 0.182. The van der Waals surface area contributed by atoms with Gasteiger partial charge in [0.2, 0.25) is 0 Å². The molecule has 0 saturated heterocycles. The Bertz CT molecular complexity index is 624. The van der Waals surface area contributed by atoms with E-state index in [2.05, 4.69) is 36.1 Å². The summed E-state index contributed by atoms with van der Waals surface area (Å²) < 4.78 is 1.73. The molecule has 0 amide bonds. The lowest BCUT2D eigenvalue weighted by molar-refractivity contribution is -0.0732. The minimum atomic E-state index is -0.752. The molecular weight excluding hydrogens is 298 g/mol. The second-order valence-electron chi connectivity index (χ2n) is 6.91. The van der Waals surface area contributed by atoms with Gasteiger partial charge < -0.3 is 5.11 Å². The zero-order valence-corrected chi connectivity index (χ0v) is 13.8. The van der Waals surface area contributed by atoms with Crippen LogP contribution < -0.4 is 0 Å². The Kier molecular flexibility index (Phi) is 4.00. The lowest BCUT2D eigenvalue weighted by Gasteiger charge is -2.40. The summed E-state index contributed by atoms with van der Waals surface area (Å²) in [6, 6.07) is 8.02. The number of aromatic nitrogens is 3. The Balaban J connectivity index is 1.76. The molecule has 118 valence electrons. The van der Waals surface area contributed by atoms with E-state index in [0.29, 0.717) is 12.5 Å². The molecule has 1 aliphatic rings. The monoisotopic (exact) mass is 319 g/mol. The summed E-state index contributed by atoms with van der Waals surface area (Å²) in [4.78, 5) is 3.97. The molecule has 2 unspecified atom stereocenters. The van der Waals surface area contributed by atoms with Crippen molar-refractivity contribution in [3.63, 3.8) is 0 Å². The van der Waals surface area contributed by atoms with Crippen LogP contribution in [0.1, 0.15) is 32.3 Å². The van der Waals surface area contributed by atoms with Crippen LogP contribution in [0.15, 0.2) is 36.9 Å². The van der Waals surface area contributed by atoms with E-state index in [-0.39, 0.29) is 5.41 Å². The van der Waals surface area contributed by atoms with Gasteiger partial charge in [-0.15, -0.1) is 0 Å². The van der Waals surface area contributed by atoms with Crippen LogP contribution in [-0.2, 0) is 13.0 Å². The normalized spacial score (nSPS) is 27.2. The molecule has 5 heteroatoms. The van der Waals surface area contributed by atoms with Gasteiger partial charge in [-0.2, -0.15) is 5.10 Å². The number of halogens is 1. The number of hydrogen-bond acceptors (Lipinski definition) is 3. The van der Waals surface area contributed by atoms with Crippen LogP contribution in [0.5, 0.6) is 0 Å². The topological polar surface area (TPSA) is 50.9 Å². The molecule has 1 N–H and O–H groups in total. The van der Waals surface area contributed by atoms with Gasteiger partial charge >= 0.3 is 0 Å². The van der Waals surface area contributed by atoms with Crippen molar-refractivity contribution in [1.82, 2.24) is 14.8 Å². The molecule has 0 radical (unpaired) electrons. The van der Waals surface area contributed by atoms with Crippen LogP contribution in [0, 0.1) is 11.3 Å². The summed E-state index contributed by atoms with van der Waals surface area (Å²) in [6.07, 6.45) is 5.94. The molecule has 3 rings (SSSR count). The predicted octanol–water partition coefficient (Wildman–Crippen LogP) is 3.34. The van der Waals surface area contributed by atoms with Crippen molar-refractivity contribution >= 4 is 11.6 Å². The van der Waals surface area contributed by atoms with E-state index in [0.717, 1.165) is 24.3 Å². The Morgan fingerprint density at radius 1 is 1.32 bits per heavy atom. The molecular formula is C17H22ClN3O. The maximum Gasteiger partial charge on any atom is 0.137 e. The summed E-state index contributed by atoms with van der Waals surface area (Å²) >= 11 is 5.95. The van der Waals surface area contributed by atoms with Crippen LogP contribution in [-0.4, -0.2) is 25.5 Å². The maximum atomic E-state index is 11.2. The zero-order chi connectivity index (χ0) is 15.8. The third kappa shape index (κ3) is 2.77. The van der Waals surface area contributed by atoms with Gasteiger partial charge in [-0.1, -0.05) is 37.6 Å². The Labute approximate surface area is 136 Å². The van der Waals surface area contributed by atoms with Gasteiger partial charge in [-0.3, -0.25) is 4.68 Å². The van der Waals surface area contributed by atoms with Gasteiger partial charge in [0.1, 0.15) is 12.7 Å². The molecule has 1 heterocycles. The van der Waals surface area contributed by atoms with Crippen molar-refractivity contribution in [1.29, 1.82) is 0 Å². The summed E-state index contributed by atoms with van der Waals surface area (Å²) in [6.45, 7) is 4.83. The summed E-state index contributed by atoms with van der Waals surface area (Å²) in [5, 5.41) is 16.1. The van der Waals surface area contributed by atoms with Crippen LogP contribution in [0.4, 0.5) is 0 Å². The first-order valence-electron chi connectivity index (χ1n) is 7.70. The third-order valence-corrected chi connectivity index (χ3v) is 5.66. The molecule has 1 aromatic carbocycles. The van der Waals surface area contributed by atoms with E-state index in [1.165, 1.54) is 11.9 Å². The lowest BCUT2D eigenvalue weighted by Crippen LogP contribution is -2.46. The third-order valence-electron chi connectivity index (χ3n) is 5.41. The highest BCUT2D eigenvalue weighted by Gasteiger charge is 2.53. The Morgan fingerprint density at radius 2 is 2.05 bits per heavy atom. The fourth-order valence-electron chi connectivity index (χ4n) is 3.60. The lowest BCUT2D eigenvalue weighted by atomic mass is 9.70. The second kappa shape index (κ2) is 5.67. The minimum Gasteiger partial charge on any atom is -0.387 e. The van der Waals surface area contributed by atoms with Crippen LogP contribution >= 0.6 is 11.6 Å². The van der Waals surface area contributed by atoms with Gasteiger partial charge in [-0.05, 0) is 48.3 Å². The SMILES string of the molecule is CC1(C)C(Cc2ccc(Cl)cc2)CCC1(O)Cn1cncn1. The summed E-state index contributed by atoms with van der Waals surface area (Å²) in [7, 11) is 0. The van der Waals surface area contributed by atoms with Gasteiger partial charge in [0.15, 0.2) is 0 Å². The first-order chi connectivity index (χ1) is 10.4. The van der Waals surface area contributed by atoms with E-state index in [1.54, 1.807) is 11.0 Å². The van der Waals surface area contributed by atoms with Crippen molar-refractivity contribution in [2.75, 3.05) is 0 Å². The molecule has 1 aromatic heterocycles. The summed E-state index contributed by atoms with van der Waals surface area (Å²) in [5.74, 6) is 0.433. The quantitative estimate of drug-likeness (QED) is 0.940. The molecule has 1 saturated carbocycles. The summed E-state index contributed by atoms with van der Waals surface area (Å²) in [5.41, 5.74) is 0.337. The number of rotatable bonds is 4. The van der Waals surface area contributed by atoms with Crippen molar-refractivity contribution in [2.24, 2.45) is 11.3 Å². The van der Waals surface area contributed by atoms with Crippen LogP contribution in [0.2, 0.25) is 5.02 Å². The van der Waals surface area contributed by atoms with Gasteiger partial charge in [0.25, 0.3) is 0 Å². The van der Waals surface area contributed by atoms with E-state index in [4.69, 9.17) is 11.6 Å². The number of hydrogen-bond donors (Lipinski definition) is 1. The molecule has 2 aromatic rings. The molecule has 22 heavy (non-hydrogen) atoms. The van der Waals surface area contributed by atoms with Crippen molar-refractivity contribution in [2.45, 2.75) is 45.3 Å². The first-order valence-corrected chi connectivity index (χ1v) is 8.08. The second-order valence-corrected chi connectivity index (χ2v) is 7.35. The van der Waals surface area contributed by atoms with E-state index in [1.807, 2.05) is 12.1 Å². The number of aliphatic hydroxyl groups is 1. The standard InChI is InChI=1S/C17H22ClN3O/c1-16(2)14(9-13-3-5-15(18)6-4-13)7-8-17(16,22)10-21-12-19-11-20-21/h3-6,11-12,14,22H,7-10H2,1-2H3. The van der Waals surface area contributed by atoms with Gasteiger partial charge in [0, 0.05) is 5.02 Å². The molecule has 0 spiro atoms. The number of benzene rings is 1. The maximum absolute atomic E-state index is 11.2. The van der Waals surface area contributed by atoms with E-state index in [9.17, 15) is 5.11 Å². The van der Waals surface area contributed by atoms with E-state index >= 15 is 0 Å². The van der Waals surface area contributed by atoms with Crippen LogP contribution in [0.3, 0.4) is 0 Å². The zero-order valence-electron chi connectivity index (χ0n) is 13.0. The molecule has 4 nitrogen and oxygen atoms in total. The fourth-order valence-corrected chi connectivity index (χ4v) is 3.73. The van der Waals surface area contributed by atoms with Gasteiger partial charge in [0.05, 0.1) is 12.1 Å². The molecule has 1 aliphatic carbocycles. The average Bonchev–Trinajstić information content (AvgIpc) is 3.04. The fraction of sp³-hybridized carbons (Fsp3) is 0.529. The van der Waals surface area contributed by atoms with Crippen molar-refractivity contribution in [3.05, 3.63) is 47.5 Å². The molecule has 2 atom stereocenters. The average molecular weight is 320 g/mol. The van der Waals surface area contributed by atoms with Crippen molar-refractivity contribution < 1.29 is 5.11 Å². The molecule has 1 fully saturated rings. The Hall–Kier alpha value is -1.39. The smallest absolute Gasteiger partial charge is 0.137 e. The highest BCUT2D eigenvalue weighted by molar-refractivity contribution is 6.30. The Morgan fingerprint density at radius 3 is 2.68 bits per heavy atom. The predicted molar refractivity (Wildman–Crippen MR) is 86.6 cm³/mol. The highest BCUT2D eigenvalue weighted by Crippen LogP contribution is 2.52. The molecule has 0 bridgehead atoms. The van der Waals surface area contributed by atoms with Crippen molar-refractivity contribution in [3.8, 4) is 0 Å². The van der Waals surface area contributed by atoms with Crippen LogP contribution in [0.25, 0.3) is 0 Å². The largest absolute Gasteiger partial charge is 0.387 e. The van der Waals surface area contributed by atoms with E-state index < -0.39 is 5.60 Å². The molecule has 0 aliphatic heterocycles. The first kappa shape index (κ1) is 15.5.